The van der Waals surface area contributed by atoms with E-state index in [0.29, 0.717) is 17.7 Å². The van der Waals surface area contributed by atoms with Crippen LogP contribution in [0, 0.1) is 0 Å². The maximum absolute atomic E-state index is 11.9. The number of urea groups is 1. The molecule has 3 amide bonds. The number of anilines is 1. The number of amides is 3. The lowest BCUT2D eigenvalue weighted by molar-refractivity contribution is 0.0943. The minimum Gasteiger partial charge on any atom is -0.350 e. The van der Waals surface area contributed by atoms with Crippen molar-refractivity contribution in [1.29, 1.82) is 0 Å². The fraction of sp³-hybridized carbons (Fsp3) is 0.467. The summed E-state index contributed by atoms with van der Waals surface area (Å²) in [6, 6.07) is 5.74. The highest BCUT2D eigenvalue weighted by molar-refractivity contribution is 7.91. The van der Waals surface area contributed by atoms with E-state index in [1.807, 2.05) is 13.8 Å². The van der Waals surface area contributed by atoms with Crippen LogP contribution in [0.3, 0.4) is 0 Å². The Morgan fingerprint density at radius 1 is 1.26 bits per heavy atom. The molecule has 0 spiro atoms. The van der Waals surface area contributed by atoms with Gasteiger partial charge in [0.15, 0.2) is 9.84 Å². The first-order valence-corrected chi connectivity index (χ1v) is 9.26. The average Bonchev–Trinajstić information content (AvgIpc) is 2.77. The molecule has 0 radical (unpaired) electrons. The second kappa shape index (κ2) is 6.99. The molecule has 1 heterocycles. The van der Waals surface area contributed by atoms with Gasteiger partial charge >= 0.3 is 6.03 Å². The van der Waals surface area contributed by atoms with Crippen molar-refractivity contribution in [3.8, 4) is 0 Å². The summed E-state index contributed by atoms with van der Waals surface area (Å²) >= 11 is 0. The molecule has 0 saturated carbocycles. The van der Waals surface area contributed by atoms with E-state index in [1.165, 1.54) is 0 Å². The van der Waals surface area contributed by atoms with E-state index in [-0.39, 0.29) is 29.5 Å². The van der Waals surface area contributed by atoms with Crippen molar-refractivity contribution in [3.63, 3.8) is 0 Å². The van der Waals surface area contributed by atoms with E-state index in [2.05, 4.69) is 16.0 Å². The zero-order chi connectivity index (χ0) is 17.0. The molecule has 1 aliphatic heterocycles. The zero-order valence-electron chi connectivity index (χ0n) is 13.1. The zero-order valence-corrected chi connectivity index (χ0v) is 13.9. The third-order valence-electron chi connectivity index (χ3n) is 3.37. The van der Waals surface area contributed by atoms with Gasteiger partial charge in [-0.25, -0.2) is 13.2 Å². The van der Waals surface area contributed by atoms with Gasteiger partial charge in [-0.05, 0) is 38.5 Å². The van der Waals surface area contributed by atoms with Crippen LogP contribution in [-0.2, 0) is 9.84 Å². The molecule has 0 aromatic heterocycles. The van der Waals surface area contributed by atoms with Gasteiger partial charge < -0.3 is 16.0 Å². The Morgan fingerprint density at radius 3 is 2.61 bits per heavy atom. The number of hydrogen-bond donors (Lipinski definition) is 3. The predicted molar refractivity (Wildman–Crippen MR) is 88.3 cm³/mol. The molecule has 0 unspecified atom stereocenters. The van der Waals surface area contributed by atoms with Crippen molar-refractivity contribution in [2.24, 2.45) is 0 Å². The lowest BCUT2D eigenvalue weighted by Gasteiger charge is -2.13. The standard InChI is InChI=1S/C15H21N3O4S/c1-10(2)16-14(19)11-4-3-5-12(8-11)17-15(20)18-13-6-7-23(21,22)9-13/h3-5,8,10,13H,6-7,9H2,1-2H3,(H,16,19)(H2,17,18,20)/t13-/m1/s1. The van der Waals surface area contributed by atoms with E-state index in [1.54, 1.807) is 24.3 Å². The summed E-state index contributed by atoms with van der Waals surface area (Å²) in [5.41, 5.74) is 0.916. The molecule has 0 aliphatic carbocycles. The fourth-order valence-corrected chi connectivity index (χ4v) is 4.02. The second-order valence-corrected chi connectivity index (χ2v) is 8.14. The molecule has 1 aromatic carbocycles. The summed E-state index contributed by atoms with van der Waals surface area (Å²) < 4.78 is 22.7. The minimum atomic E-state index is -3.04. The molecule has 0 bridgehead atoms. The van der Waals surface area contributed by atoms with Gasteiger partial charge in [0.25, 0.3) is 5.91 Å². The molecule has 1 aromatic rings. The number of hydrogen-bond acceptors (Lipinski definition) is 4. The smallest absolute Gasteiger partial charge is 0.319 e. The molecular formula is C15H21N3O4S. The van der Waals surface area contributed by atoms with Crippen LogP contribution >= 0.6 is 0 Å². The SMILES string of the molecule is CC(C)NC(=O)c1cccc(NC(=O)N[C@@H]2CCS(=O)(=O)C2)c1. The third kappa shape index (κ3) is 5.24. The average molecular weight is 339 g/mol. The number of carbonyl (C=O) groups excluding carboxylic acids is 2. The minimum absolute atomic E-state index is 0.0201. The van der Waals surface area contributed by atoms with Crippen LogP contribution in [-0.4, -0.2) is 43.9 Å². The van der Waals surface area contributed by atoms with Crippen molar-refractivity contribution in [3.05, 3.63) is 29.8 Å². The highest BCUT2D eigenvalue weighted by atomic mass is 32.2. The van der Waals surface area contributed by atoms with E-state index in [9.17, 15) is 18.0 Å². The van der Waals surface area contributed by atoms with Crippen LogP contribution in [0.5, 0.6) is 0 Å². The molecule has 3 N–H and O–H groups in total. The number of sulfone groups is 1. The van der Waals surface area contributed by atoms with Crippen LogP contribution in [0.25, 0.3) is 0 Å². The fourth-order valence-electron chi connectivity index (χ4n) is 2.35. The van der Waals surface area contributed by atoms with E-state index in [4.69, 9.17) is 0 Å². The summed E-state index contributed by atoms with van der Waals surface area (Å²) in [5.74, 6) is -0.147. The molecule has 1 fully saturated rings. The summed E-state index contributed by atoms with van der Waals surface area (Å²) in [4.78, 5) is 23.9. The normalized spacial score (nSPS) is 19.3. The van der Waals surface area contributed by atoms with Gasteiger partial charge in [0.2, 0.25) is 0 Å². The molecule has 2 rings (SSSR count). The molecule has 1 aliphatic rings. The van der Waals surface area contributed by atoms with Gasteiger partial charge in [0.1, 0.15) is 0 Å². The number of benzene rings is 1. The first kappa shape index (κ1) is 17.3. The summed E-state index contributed by atoms with van der Waals surface area (Å²) in [6.45, 7) is 3.73. The third-order valence-corrected chi connectivity index (χ3v) is 5.14. The van der Waals surface area contributed by atoms with Crippen molar-refractivity contribution in [2.75, 3.05) is 16.8 Å². The number of carbonyl (C=O) groups is 2. The van der Waals surface area contributed by atoms with Crippen molar-refractivity contribution in [1.82, 2.24) is 10.6 Å². The van der Waals surface area contributed by atoms with Crippen molar-refractivity contribution < 1.29 is 18.0 Å². The van der Waals surface area contributed by atoms with Crippen molar-refractivity contribution >= 4 is 27.5 Å². The Bertz CT molecular complexity index is 700. The lowest BCUT2D eigenvalue weighted by atomic mass is 10.2. The Kier molecular flexibility index (Phi) is 5.25. The number of nitrogens with one attached hydrogen (secondary N) is 3. The van der Waals surface area contributed by atoms with E-state index >= 15 is 0 Å². The Labute approximate surface area is 135 Å². The topological polar surface area (TPSA) is 104 Å². The van der Waals surface area contributed by atoms with Crippen LogP contribution < -0.4 is 16.0 Å². The Hall–Kier alpha value is -2.09. The van der Waals surface area contributed by atoms with Gasteiger partial charge in [-0.2, -0.15) is 0 Å². The maximum Gasteiger partial charge on any atom is 0.319 e. The quantitative estimate of drug-likeness (QED) is 0.765. The van der Waals surface area contributed by atoms with Crippen molar-refractivity contribution in [2.45, 2.75) is 32.4 Å². The largest absolute Gasteiger partial charge is 0.350 e. The maximum atomic E-state index is 11.9. The summed E-state index contributed by atoms with van der Waals surface area (Å²) in [6.07, 6.45) is 0.423. The first-order chi connectivity index (χ1) is 10.7. The van der Waals surface area contributed by atoms with Gasteiger partial charge in [0.05, 0.1) is 11.5 Å². The molecule has 8 heteroatoms. The van der Waals surface area contributed by atoms with Gasteiger partial charge in [-0.3, -0.25) is 4.79 Å². The molecule has 7 nitrogen and oxygen atoms in total. The Morgan fingerprint density at radius 2 is 2.00 bits per heavy atom. The first-order valence-electron chi connectivity index (χ1n) is 7.44. The van der Waals surface area contributed by atoms with E-state index < -0.39 is 15.9 Å². The lowest BCUT2D eigenvalue weighted by Crippen LogP contribution is -2.38. The highest BCUT2D eigenvalue weighted by Crippen LogP contribution is 2.13. The monoisotopic (exact) mass is 339 g/mol. The Balaban J connectivity index is 1.95. The summed E-state index contributed by atoms with van der Waals surface area (Å²) in [7, 11) is -3.04. The van der Waals surface area contributed by atoms with Gasteiger partial charge in [-0.1, -0.05) is 6.07 Å². The van der Waals surface area contributed by atoms with Crippen LogP contribution in [0.4, 0.5) is 10.5 Å². The van der Waals surface area contributed by atoms with Crippen LogP contribution in [0.1, 0.15) is 30.6 Å². The van der Waals surface area contributed by atoms with E-state index in [0.717, 1.165) is 0 Å². The summed E-state index contributed by atoms with van der Waals surface area (Å²) in [5, 5.41) is 8.03. The highest BCUT2D eigenvalue weighted by Gasteiger charge is 2.28. The van der Waals surface area contributed by atoms with Crippen LogP contribution in [0.2, 0.25) is 0 Å². The number of rotatable bonds is 4. The second-order valence-electron chi connectivity index (χ2n) is 5.91. The van der Waals surface area contributed by atoms with Crippen LogP contribution in [0.15, 0.2) is 24.3 Å². The van der Waals surface area contributed by atoms with Gasteiger partial charge in [-0.15, -0.1) is 0 Å². The predicted octanol–water partition coefficient (Wildman–Crippen LogP) is 1.13. The molecule has 1 atom stereocenters. The molecule has 1 saturated heterocycles. The molecule has 126 valence electrons. The molecule has 23 heavy (non-hydrogen) atoms. The van der Waals surface area contributed by atoms with Gasteiger partial charge in [0, 0.05) is 23.3 Å². The molecular weight excluding hydrogens is 318 g/mol.